The molecular weight excluding hydrogens is 371 g/mol. The van der Waals surface area contributed by atoms with Gasteiger partial charge >= 0.3 is 0 Å². The third kappa shape index (κ3) is 3.39. The summed E-state index contributed by atoms with van der Waals surface area (Å²) in [5, 5.41) is 0. The molecule has 0 unspecified atom stereocenters. The van der Waals surface area contributed by atoms with Crippen LogP contribution in [0.5, 0.6) is 11.5 Å². The van der Waals surface area contributed by atoms with Crippen molar-refractivity contribution in [2.24, 2.45) is 0 Å². The number of ketones is 1. The molecule has 0 spiro atoms. The van der Waals surface area contributed by atoms with E-state index in [1.807, 2.05) is 18.2 Å². The van der Waals surface area contributed by atoms with Gasteiger partial charge < -0.3 is 9.47 Å². The molecule has 2 aliphatic heterocycles. The van der Waals surface area contributed by atoms with Crippen molar-refractivity contribution in [3.8, 4) is 11.5 Å². The van der Waals surface area contributed by atoms with Crippen LogP contribution in [0.2, 0.25) is 0 Å². The Bertz CT molecular complexity index is 1110. The van der Waals surface area contributed by atoms with Crippen LogP contribution in [0.3, 0.4) is 0 Å². The molecule has 0 fully saturated rings. The number of halogens is 1. The van der Waals surface area contributed by atoms with E-state index in [4.69, 9.17) is 9.47 Å². The molecule has 3 heterocycles. The molecule has 0 atom stereocenters. The number of allylic oxidation sites excluding steroid dienone is 1. The van der Waals surface area contributed by atoms with Crippen LogP contribution >= 0.6 is 0 Å². The van der Waals surface area contributed by atoms with E-state index in [9.17, 15) is 9.18 Å². The third-order valence-electron chi connectivity index (χ3n) is 5.01. The summed E-state index contributed by atoms with van der Waals surface area (Å²) in [4.78, 5) is 18.9. The normalized spacial score (nSPS) is 16.9. The van der Waals surface area contributed by atoms with Gasteiger partial charge in [0.05, 0.1) is 11.1 Å². The van der Waals surface area contributed by atoms with Crippen LogP contribution in [0.1, 0.15) is 27.0 Å². The van der Waals surface area contributed by atoms with Crippen LogP contribution in [0.15, 0.2) is 66.7 Å². The number of pyridine rings is 1. The van der Waals surface area contributed by atoms with Crippen LogP contribution in [0.4, 0.5) is 4.39 Å². The first-order valence-corrected chi connectivity index (χ1v) is 9.27. The molecule has 5 rings (SSSR count). The fourth-order valence-electron chi connectivity index (χ4n) is 3.56. The number of hydrogen-bond acceptors (Lipinski definition) is 5. The summed E-state index contributed by atoms with van der Waals surface area (Å²) in [5.41, 5.74) is 3.22. The van der Waals surface area contributed by atoms with Gasteiger partial charge in [-0.05, 0) is 53.6 Å². The van der Waals surface area contributed by atoms with Gasteiger partial charge in [-0.2, -0.15) is 0 Å². The molecule has 6 heteroatoms. The van der Waals surface area contributed by atoms with Crippen molar-refractivity contribution in [1.29, 1.82) is 0 Å². The topological polar surface area (TPSA) is 51.7 Å². The minimum Gasteiger partial charge on any atom is -0.478 e. The maximum absolute atomic E-state index is 13.1. The Kier molecular flexibility index (Phi) is 4.33. The van der Waals surface area contributed by atoms with Gasteiger partial charge in [0.1, 0.15) is 24.0 Å². The molecule has 29 heavy (non-hydrogen) atoms. The second-order valence-electron chi connectivity index (χ2n) is 7.03. The maximum atomic E-state index is 13.1. The Morgan fingerprint density at radius 1 is 1.07 bits per heavy atom. The standard InChI is InChI=1S/C23H17FN2O3/c24-17-3-1-16(2-4-17)12-26-13-19-20(28-14-26)6-5-18-22(27)21(29-23(18)19)11-15-7-9-25-10-8-15/h1-11H,12-14H2/b21-11-. The van der Waals surface area contributed by atoms with Crippen molar-refractivity contribution in [2.75, 3.05) is 6.73 Å². The molecule has 0 saturated carbocycles. The van der Waals surface area contributed by atoms with Crippen LogP contribution < -0.4 is 9.47 Å². The average Bonchev–Trinajstić information content (AvgIpc) is 3.06. The average molecular weight is 388 g/mol. The van der Waals surface area contributed by atoms with Crippen molar-refractivity contribution in [2.45, 2.75) is 13.1 Å². The number of carbonyl (C=O) groups is 1. The van der Waals surface area contributed by atoms with Gasteiger partial charge in [-0.25, -0.2) is 4.39 Å². The molecule has 5 nitrogen and oxygen atoms in total. The minimum atomic E-state index is -0.257. The lowest BCUT2D eigenvalue weighted by Gasteiger charge is -2.29. The molecule has 144 valence electrons. The van der Waals surface area contributed by atoms with Gasteiger partial charge in [0.2, 0.25) is 5.78 Å². The highest BCUT2D eigenvalue weighted by Crippen LogP contribution is 2.42. The Morgan fingerprint density at radius 3 is 2.66 bits per heavy atom. The lowest BCUT2D eigenvalue weighted by molar-refractivity contribution is 0.0872. The fraction of sp³-hybridized carbons (Fsp3) is 0.130. The minimum absolute atomic E-state index is 0.143. The molecule has 0 bridgehead atoms. The lowest BCUT2D eigenvalue weighted by Crippen LogP contribution is -2.31. The predicted octanol–water partition coefficient (Wildman–Crippen LogP) is 4.19. The number of nitrogens with zero attached hydrogens (tertiary/aromatic N) is 2. The van der Waals surface area contributed by atoms with Gasteiger partial charge in [-0.15, -0.1) is 0 Å². The zero-order valence-corrected chi connectivity index (χ0v) is 15.5. The first kappa shape index (κ1) is 17.6. The van der Waals surface area contributed by atoms with Crippen LogP contribution in [-0.4, -0.2) is 22.4 Å². The van der Waals surface area contributed by atoms with Crippen LogP contribution in [0.25, 0.3) is 6.08 Å². The zero-order valence-electron chi connectivity index (χ0n) is 15.5. The number of rotatable bonds is 3. The van der Waals surface area contributed by atoms with E-state index in [1.165, 1.54) is 12.1 Å². The fourth-order valence-corrected chi connectivity index (χ4v) is 3.56. The number of aromatic nitrogens is 1. The molecule has 0 radical (unpaired) electrons. The van der Waals surface area contributed by atoms with Gasteiger partial charge in [0, 0.05) is 25.5 Å². The van der Waals surface area contributed by atoms with Crippen LogP contribution in [-0.2, 0) is 13.1 Å². The highest BCUT2D eigenvalue weighted by molar-refractivity contribution is 6.15. The van der Waals surface area contributed by atoms with Crippen molar-refractivity contribution < 1.29 is 18.7 Å². The van der Waals surface area contributed by atoms with Crippen LogP contribution in [0, 0.1) is 5.82 Å². The molecule has 2 aliphatic rings. The quantitative estimate of drug-likeness (QED) is 0.630. The Labute approximate surface area is 167 Å². The summed E-state index contributed by atoms with van der Waals surface area (Å²) in [7, 11) is 0. The summed E-state index contributed by atoms with van der Waals surface area (Å²) in [6, 6.07) is 13.6. The molecule has 1 aromatic heterocycles. The predicted molar refractivity (Wildman–Crippen MR) is 105 cm³/mol. The first-order valence-electron chi connectivity index (χ1n) is 9.27. The SMILES string of the molecule is O=C1/C(=C/c2ccncc2)Oc2c1ccc1c2CN(Cc2ccc(F)cc2)CO1. The van der Waals surface area contributed by atoms with E-state index < -0.39 is 0 Å². The first-order chi connectivity index (χ1) is 14.2. The Hall–Kier alpha value is -3.51. The van der Waals surface area contributed by atoms with Crippen molar-refractivity contribution in [3.05, 3.63) is 94.8 Å². The highest BCUT2D eigenvalue weighted by Gasteiger charge is 2.33. The number of benzene rings is 2. The monoisotopic (exact) mass is 388 g/mol. The second kappa shape index (κ2) is 7.14. The van der Waals surface area contributed by atoms with Crippen molar-refractivity contribution in [3.63, 3.8) is 0 Å². The van der Waals surface area contributed by atoms with E-state index in [2.05, 4.69) is 9.88 Å². The summed E-state index contributed by atoms with van der Waals surface area (Å²) in [6.45, 7) is 1.60. The summed E-state index contributed by atoms with van der Waals surface area (Å²) < 4.78 is 25.0. The smallest absolute Gasteiger partial charge is 0.231 e. The molecular formula is C23H17FN2O3. The van der Waals surface area contributed by atoms with E-state index in [0.717, 1.165) is 22.4 Å². The number of ether oxygens (including phenoxy) is 2. The number of Topliss-reactive ketones (excluding diaryl/α,β-unsaturated/α-hetero) is 1. The van der Waals surface area contributed by atoms with E-state index >= 15 is 0 Å². The van der Waals surface area contributed by atoms with E-state index in [1.54, 1.807) is 36.7 Å². The molecule has 0 saturated heterocycles. The molecule has 2 aromatic carbocycles. The summed E-state index contributed by atoms with van der Waals surface area (Å²) in [6.07, 6.45) is 5.06. The Balaban J connectivity index is 1.42. The maximum Gasteiger partial charge on any atom is 0.231 e. The van der Waals surface area contributed by atoms with Crippen molar-refractivity contribution in [1.82, 2.24) is 9.88 Å². The van der Waals surface area contributed by atoms with Gasteiger partial charge in [-0.3, -0.25) is 14.7 Å². The largest absolute Gasteiger partial charge is 0.478 e. The summed E-state index contributed by atoms with van der Waals surface area (Å²) >= 11 is 0. The lowest BCUT2D eigenvalue weighted by atomic mass is 10.0. The van der Waals surface area contributed by atoms with Gasteiger partial charge in [0.25, 0.3) is 0 Å². The number of hydrogen-bond donors (Lipinski definition) is 0. The van der Waals surface area contributed by atoms with Crippen molar-refractivity contribution >= 4 is 11.9 Å². The number of fused-ring (bicyclic) bond motifs is 3. The molecule has 0 N–H and O–H groups in total. The molecule has 0 aliphatic carbocycles. The summed E-state index contributed by atoms with van der Waals surface area (Å²) in [5.74, 6) is 1.16. The van der Waals surface area contributed by atoms with E-state index in [-0.39, 0.29) is 17.4 Å². The zero-order chi connectivity index (χ0) is 19.8. The van der Waals surface area contributed by atoms with Gasteiger partial charge in [-0.1, -0.05) is 12.1 Å². The number of carbonyl (C=O) groups excluding carboxylic acids is 1. The highest BCUT2D eigenvalue weighted by atomic mass is 19.1. The third-order valence-corrected chi connectivity index (χ3v) is 5.01. The molecule has 0 amide bonds. The van der Waals surface area contributed by atoms with Gasteiger partial charge in [0.15, 0.2) is 5.76 Å². The Morgan fingerprint density at radius 2 is 1.86 bits per heavy atom. The second-order valence-corrected chi connectivity index (χ2v) is 7.03. The van der Waals surface area contributed by atoms with E-state index in [0.29, 0.717) is 31.1 Å². The molecule has 3 aromatic rings.